The summed E-state index contributed by atoms with van der Waals surface area (Å²) in [5.74, 6) is 0.764. The second-order valence-corrected chi connectivity index (χ2v) is 6.14. The molecule has 0 bridgehead atoms. The van der Waals surface area contributed by atoms with Crippen LogP contribution in [-0.2, 0) is 0 Å². The van der Waals surface area contributed by atoms with Gasteiger partial charge in [0.1, 0.15) is 5.75 Å². The van der Waals surface area contributed by atoms with Crippen LogP contribution in [0.2, 0.25) is 0 Å². The molecule has 1 aliphatic carbocycles. The molecule has 1 unspecified atom stereocenters. The number of aliphatic hydroxyl groups is 1. The summed E-state index contributed by atoms with van der Waals surface area (Å²) in [6.07, 6.45) is 4.69. The van der Waals surface area contributed by atoms with E-state index in [1.54, 1.807) is 7.11 Å². The Labute approximate surface area is 122 Å². The Bertz CT molecular complexity index is 441. The van der Waals surface area contributed by atoms with Crippen molar-refractivity contribution < 1.29 is 9.84 Å². The third-order valence-electron chi connectivity index (χ3n) is 4.32. The zero-order valence-electron chi connectivity index (χ0n) is 12.9. The highest BCUT2D eigenvalue weighted by Crippen LogP contribution is 2.48. The number of rotatable bonds is 8. The summed E-state index contributed by atoms with van der Waals surface area (Å²) in [7, 11) is 1.65. The average molecular weight is 277 g/mol. The van der Waals surface area contributed by atoms with Gasteiger partial charge in [-0.3, -0.25) is 0 Å². The molecule has 1 aromatic carbocycles. The van der Waals surface area contributed by atoms with Gasteiger partial charge in [0, 0.05) is 18.7 Å². The average Bonchev–Trinajstić information content (AvgIpc) is 3.19. The number of aliphatic hydroxyl groups excluding tert-OH is 1. The Kier molecular flexibility index (Phi) is 5.06. The van der Waals surface area contributed by atoms with E-state index in [2.05, 4.69) is 12.2 Å². The molecule has 3 heteroatoms. The van der Waals surface area contributed by atoms with Crippen molar-refractivity contribution in [2.45, 2.75) is 45.6 Å². The zero-order valence-corrected chi connectivity index (χ0v) is 12.9. The number of aryl methyl sites for hydroxylation is 1. The van der Waals surface area contributed by atoms with E-state index < -0.39 is 6.10 Å². The molecule has 3 nitrogen and oxygen atoms in total. The predicted molar refractivity (Wildman–Crippen MR) is 82.1 cm³/mol. The van der Waals surface area contributed by atoms with E-state index in [-0.39, 0.29) is 0 Å². The lowest BCUT2D eigenvalue weighted by Crippen LogP contribution is -2.28. The van der Waals surface area contributed by atoms with Gasteiger partial charge in [-0.1, -0.05) is 25.0 Å². The number of hydrogen-bond donors (Lipinski definition) is 2. The van der Waals surface area contributed by atoms with E-state index in [9.17, 15) is 5.11 Å². The molecule has 1 aromatic rings. The van der Waals surface area contributed by atoms with E-state index in [0.717, 1.165) is 23.4 Å². The number of nitrogens with one attached hydrogen (secondary N) is 1. The Morgan fingerprint density at radius 2 is 2.15 bits per heavy atom. The first kappa shape index (κ1) is 15.3. The van der Waals surface area contributed by atoms with Gasteiger partial charge in [0.15, 0.2) is 0 Å². The SMILES string of the molecule is CCCC1(CNCC(O)c2cc(C)ccc2OC)CC1. The molecule has 0 amide bonds. The fourth-order valence-electron chi connectivity index (χ4n) is 2.92. The van der Waals surface area contributed by atoms with Crippen molar-refractivity contribution in [3.63, 3.8) is 0 Å². The molecule has 2 rings (SSSR count). The maximum Gasteiger partial charge on any atom is 0.124 e. The van der Waals surface area contributed by atoms with Crippen molar-refractivity contribution in [3.05, 3.63) is 29.3 Å². The van der Waals surface area contributed by atoms with Crippen LogP contribution in [0.25, 0.3) is 0 Å². The molecule has 0 radical (unpaired) electrons. The minimum Gasteiger partial charge on any atom is -0.496 e. The Hall–Kier alpha value is -1.06. The minimum atomic E-state index is -0.512. The van der Waals surface area contributed by atoms with Gasteiger partial charge in [-0.15, -0.1) is 0 Å². The van der Waals surface area contributed by atoms with Crippen molar-refractivity contribution in [3.8, 4) is 5.75 Å². The summed E-state index contributed by atoms with van der Waals surface area (Å²) in [4.78, 5) is 0. The highest BCUT2D eigenvalue weighted by atomic mass is 16.5. The Morgan fingerprint density at radius 1 is 1.40 bits per heavy atom. The molecular weight excluding hydrogens is 250 g/mol. The van der Waals surface area contributed by atoms with Gasteiger partial charge >= 0.3 is 0 Å². The smallest absolute Gasteiger partial charge is 0.124 e. The molecule has 0 saturated heterocycles. The maximum atomic E-state index is 10.4. The molecule has 1 atom stereocenters. The summed E-state index contributed by atoms with van der Waals surface area (Å²) in [6, 6.07) is 5.93. The number of benzene rings is 1. The topological polar surface area (TPSA) is 41.5 Å². The Morgan fingerprint density at radius 3 is 2.75 bits per heavy atom. The van der Waals surface area contributed by atoms with Crippen LogP contribution in [0.3, 0.4) is 0 Å². The van der Waals surface area contributed by atoms with E-state index in [1.165, 1.54) is 25.7 Å². The van der Waals surface area contributed by atoms with Crippen LogP contribution in [0.15, 0.2) is 18.2 Å². The highest BCUT2D eigenvalue weighted by Gasteiger charge is 2.40. The van der Waals surface area contributed by atoms with Gasteiger partial charge in [-0.05, 0) is 43.7 Å². The van der Waals surface area contributed by atoms with Gasteiger partial charge in [-0.25, -0.2) is 0 Å². The van der Waals surface area contributed by atoms with Crippen molar-refractivity contribution in [1.29, 1.82) is 0 Å². The summed E-state index contributed by atoms with van der Waals surface area (Å²) >= 11 is 0. The molecule has 0 heterocycles. The lowest BCUT2D eigenvalue weighted by atomic mass is 10.0. The van der Waals surface area contributed by atoms with Crippen LogP contribution < -0.4 is 10.1 Å². The predicted octanol–water partition coefficient (Wildman–Crippen LogP) is 3.21. The molecule has 2 N–H and O–H groups in total. The first-order valence-corrected chi connectivity index (χ1v) is 7.63. The van der Waals surface area contributed by atoms with E-state index >= 15 is 0 Å². The molecule has 0 aliphatic heterocycles. The normalized spacial score (nSPS) is 17.8. The lowest BCUT2D eigenvalue weighted by molar-refractivity contribution is 0.167. The molecule has 20 heavy (non-hydrogen) atoms. The monoisotopic (exact) mass is 277 g/mol. The van der Waals surface area contributed by atoms with Gasteiger partial charge in [0.05, 0.1) is 13.2 Å². The maximum absolute atomic E-state index is 10.4. The molecule has 0 aromatic heterocycles. The largest absolute Gasteiger partial charge is 0.496 e. The first-order chi connectivity index (χ1) is 9.60. The van der Waals surface area contributed by atoms with Crippen molar-refractivity contribution >= 4 is 0 Å². The molecule has 1 saturated carbocycles. The molecule has 1 aliphatic rings. The van der Waals surface area contributed by atoms with Crippen LogP contribution in [-0.4, -0.2) is 25.3 Å². The van der Waals surface area contributed by atoms with Crippen LogP contribution >= 0.6 is 0 Å². The quantitative estimate of drug-likeness (QED) is 0.766. The molecule has 1 fully saturated rings. The second kappa shape index (κ2) is 6.59. The molecule has 0 spiro atoms. The second-order valence-electron chi connectivity index (χ2n) is 6.14. The van der Waals surface area contributed by atoms with Crippen LogP contribution in [0.1, 0.15) is 49.8 Å². The molecular formula is C17H27NO2. The third kappa shape index (κ3) is 3.74. The van der Waals surface area contributed by atoms with Crippen LogP contribution in [0, 0.1) is 12.3 Å². The highest BCUT2D eigenvalue weighted by molar-refractivity contribution is 5.38. The van der Waals surface area contributed by atoms with Crippen LogP contribution in [0.4, 0.5) is 0 Å². The fourth-order valence-corrected chi connectivity index (χ4v) is 2.92. The van der Waals surface area contributed by atoms with Gasteiger partial charge in [-0.2, -0.15) is 0 Å². The number of hydrogen-bond acceptors (Lipinski definition) is 3. The first-order valence-electron chi connectivity index (χ1n) is 7.63. The number of methoxy groups -OCH3 is 1. The zero-order chi connectivity index (χ0) is 14.6. The summed E-state index contributed by atoms with van der Waals surface area (Å²) in [6.45, 7) is 5.88. The molecule has 112 valence electrons. The van der Waals surface area contributed by atoms with Gasteiger partial charge in [0.25, 0.3) is 0 Å². The van der Waals surface area contributed by atoms with Crippen molar-refractivity contribution in [1.82, 2.24) is 5.32 Å². The third-order valence-corrected chi connectivity index (χ3v) is 4.32. The Balaban J connectivity index is 1.88. The summed E-state index contributed by atoms with van der Waals surface area (Å²) in [5, 5.41) is 13.8. The van der Waals surface area contributed by atoms with Crippen molar-refractivity contribution in [2.75, 3.05) is 20.2 Å². The summed E-state index contributed by atoms with van der Waals surface area (Å²) in [5.41, 5.74) is 2.54. The van der Waals surface area contributed by atoms with E-state index in [0.29, 0.717) is 12.0 Å². The van der Waals surface area contributed by atoms with Gasteiger partial charge in [0.2, 0.25) is 0 Å². The lowest BCUT2D eigenvalue weighted by Gasteiger charge is -2.19. The standard InChI is InChI=1S/C17H27NO2/c1-4-7-17(8-9-17)12-18-11-15(19)14-10-13(2)5-6-16(14)20-3/h5-6,10,15,18-19H,4,7-9,11-12H2,1-3H3. The fraction of sp³-hybridized carbons (Fsp3) is 0.647. The van der Waals surface area contributed by atoms with Crippen LogP contribution in [0.5, 0.6) is 5.75 Å². The van der Waals surface area contributed by atoms with Gasteiger partial charge < -0.3 is 15.2 Å². The number of ether oxygens (including phenoxy) is 1. The minimum absolute atomic E-state index is 0.512. The van der Waals surface area contributed by atoms with E-state index in [1.807, 2.05) is 25.1 Å². The van der Waals surface area contributed by atoms with Crippen molar-refractivity contribution in [2.24, 2.45) is 5.41 Å². The summed E-state index contributed by atoms with van der Waals surface area (Å²) < 4.78 is 5.33. The van der Waals surface area contributed by atoms with E-state index in [4.69, 9.17) is 4.74 Å².